The summed E-state index contributed by atoms with van der Waals surface area (Å²) in [4.78, 5) is 25.9. The van der Waals surface area contributed by atoms with Crippen LogP contribution in [0.3, 0.4) is 0 Å². The van der Waals surface area contributed by atoms with Gasteiger partial charge in [0.2, 0.25) is 11.8 Å². The third-order valence-corrected chi connectivity index (χ3v) is 4.70. The summed E-state index contributed by atoms with van der Waals surface area (Å²) in [6.45, 7) is 2.67. The Labute approximate surface area is 157 Å². The maximum atomic E-state index is 13.0. The molecule has 0 unspecified atom stereocenters. The van der Waals surface area contributed by atoms with Crippen molar-refractivity contribution in [3.8, 4) is 0 Å². The van der Waals surface area contributed by atoms with Gasteiger partial charge in [0.25, 0.3) is 0 Å². The molecule has 1 saturated carbocycles. The summed E-state index contributed by atoms with van der Waals surface area (Å²) in [6.07, 6.45) is -0.00485. The molecule has 2 amide bonds. The van der Waals surface area contributed by atoms with Gasteiger partial charge in [0.15, 0.2) is 0 Å². The second kappa shape index (κ2) is 9.73. The summed E-state index contributed by atoms with van der Waals surface area (Å²) in [5, 5.41) is 5.31. The van der Waals surface area contributed by atoms with Gasteiger partial charge in [0.1, 0.15) is 0 Å². The van der Waals surface area contributed by atoms with Crippen molar-refractivity contribution in [2.24, 2.45) is 0 Å². The first-order chi connectivity index (χ1) is 12.8. The Morgan fingerprint density at radius 3 is 2.44 bits per heavy atom. The number of carbonyl (C=O) groups excluding carboxylic acids is 2. The Kier molecular flexibility index (Phi) is 7.65. The first-order valence-electron chi connectivity index (χ1n) is 9.27. The number of alkyl halides is 3. The monoisotopic (exact) mass is 385 g/mol. The molecule has 8 heteroatoms. The predicted octanol–water partition coefficient (Wildman–Crippen LogP) is 3.41. The Morgan fingerprint density at radius 1 is 1.15 bits per heavy atom. The Morgan fingerprint density at radius 2 is 1.81 bits per heavy atom. The average molecular weight is 385 g/mol. The number of benzene rings is 1. The van der Waals surface area contributed by atoms with E-state index in [1.807, 2.05) is 6.92 Å². The molecule has 27 heavy (non-hydrogen) atoms. The number of nitrogens with one attached hydrogen (secondary N) is 2. The van der Waals surface area contributed by atoms with Gasteiger partial charge in [-0.15, -0.1) is 0 Å². The van der Waals surface area contributed by atoms with Crippen molar-refractivity contribution < 1.29 is 22.8 Å². The Balaban J connectivity index is 1.83. The van der Waals surface area contributed by atoms with E-state index in [1.165, 1.54) is 18.2 Å². The van der Waals surface area contributed by atoms with Crippen LogP contribution in [0.2, 0.25) is 0 Å². The molecule has 1 aliphatic carbocycles. The van der Waals surface area contributed by atoms with Crippen molar-refractivity contribution in [2.75, 3.05) is 25.0 Å². The number of para-hydroxylation sites is 1. The SMILES string of the molecule is CCN(CCC(=O)NC1CCCC1)CC(=O)Nc1ccccc1C(F)(F)F. The van der Waals surface area contributed by atoms with Gasteiger partial charge in [-0.2, -0.15) is 13.2 Å². The number of anilines is 1. The summed E-state index contributed by atoms with van der Waals surface area (Å²) in [7, 11) is 0. The quantitative estimate of drug-likeness (QED) is 0.721. The van der Waals surface area contributed by atoms with Crippen LogP contribution < -0.4 is 10.6 Å². The van der Waals surface area contributed by atoms with Gasteiger partial charge in [-0.3, -0.25) is 14.5 Å². The number of nitrogens with zero attached hydrogens (tertiary/aromatic N) is 1. The fourth-order valence-corrected chi connectivity index (χ4v) is 3.21. The van der Waals surface area contributed by atoms with E-state index >= 15 is 0 Å². The van der Waals surface area contributed by atoms with Crippen molar-refractivity contribution >= 4 is 17.5 Å². The fraction of sp³-hybridized carbons (Fsp3) is 0.579. The van der Waals surface area contributed by atoms with Gasteiger partial charge in [-0.1, -0.05) is 31.9 Å². The molecule has 1 aromatic carbocycles. The molecule has 0 spiro atoms. The van der Waals surface area contributed by atoms with Gasteiger partial charge >= 0.3 is 6.18 Å². The summed E-state index contributed by atoms with van der Waals surface area (Å²) in [5.41, 5.74) is -1.14. The van der Waals surface area contributed by atoms with Crippen molar-refractivity contribution in [3.05, 3.63) is 29.8 Å². The highest BCUT2D eigenvalue weighted by molar-refractivity contribution is 5.93. The predicted molar refractivity (Wildman–Crippen MR) is 97.2 cm³/mol. The summed E-state index contributed by atoms with van der Waals surface area (Å²) >= 11 is 0. The van der Waals surface area contributed by atoms with Gasteiger partial charge in [-0.25, -0.2) is 0 Å². The van der Waals surface area contributed by atoms with Crippen LogP contribution in [0.25, 0.3) is 0 Å². The topological polar surface area (TPSA) is 61.4 Å². The van der Waals surface area contributed by atoms with Crippen molar-refractivity contribution in [1.82, 2.24) is 10.2 Å². The number of rotatable bonds is 8. The molecule has 2 N–H and O–H groups in total. The third kappa shape index (κ3) is 6.86. The second-order valence-electron chi connectivity index (χ2n) is 6.76. The number of carbonyl (C=O) groups is 2. The molecule has 1 aliphatic rings. The smallest absolute Gasteiger partial charge is 0.353 e. The molecule has 0 heterocycles. The number of likely N-dealkylation sites (N-methyl/N-ethyl adjacent to an activating group) is 1. The van der Waals surface area contributed by atoms with Crippen molar-refractivity contribution in [1.29, 1.82) is 0 Å². The first-order valence-corrected chi connectivity index (χ1v) is 9.27. The summed E-state index contributed by atoms with van der Waals surface area (Å²) in [6, 6.07) is 5.12. The van der Waals surface area contributed by atoms with E-state index in [0.29, 0.717) is 13.1 Å². The van der Waals surface area contributed by atoms with Crippen LogP contribution in [0, 0.1) is 0 Å². The average Bonchev–Trinajstić information content (AvgIpc) is 3.11. The lowest BCUT2D eigenvalue weighted by Gasteiger charge is -2.21. The molecule has 150 valence electrons. The van der Waals surface area contributed by atoms with Gasteiger partial charge in [0, 0.05) is 19.0 Å². The minimum absolute atomic E-state index is 0.0526. The minimum atomic E-state index is -4.54. The van der Waals surface area contributed by atoms with E-state index in [-0.39, 0.29) is 30.6 Å². The summed E-state index contributed by atoms with van der Waals surface area (Å²) in [5.74, 6) is -0.590. The minimum Gasteiger partial charge on any atom is -0.353 e. The molecule has 0 saturated heterocycles. The molecule has 0 atom stereocenters. The lowest BCUT2D eigenvalue weighted by atomic mass is 10.1. The van der Waals surface area contributed by atoms with E-state index in [9.17, 15) is 22.8 Å². The largest absolute Gasteiger partial charge is 0.418 e. The number of halogens is 3. The first kappa shape index (κ1) is 21.2. The van der Waals surface area contributed by atoms with E-state index in [4.69, 9.17) is 0 Å². The zero-order chi connectivity index (χ0) is 19.9. The lowest BCUT2D eigenvalue weighted by molar-refractivity contribution is -0.137. The highest BCUT2D eigenvalue weighted by atomic mass is 19.4. The van der Waals surface area contributed by atoms with Crippen LogP contribution in [0.1, 0.15) is 44.6 Å². The molecule has 0 aromatic heterocycles. The van der Waals surface area contributed by atoms with Crippen LogP contribution in [-0.2, 0) is 15.8 Å². The standard InChI is InChI=1S/C19H26F3N3O2/c1-2-25(12-11-17(26)23-14-7-3-4-8-14)13-18(27)24-16-10-6-5-9-15(16)19(20,21)22/h5-6,9-10,14H,2-4,7-8,11-13H2,1H3,(H,23,26)(H,24,27). The second-order valence-corrected chi connectivity index (χ2v) is 6.76. The van der Waals surface area contributed by atoms with Crippen LogP contribution in [0.5, 0.6) is 0 Å². The maximum Gasteiger partial charge on any atom is 0.418 e. The molecular weight excluding hydrogens is 359 g/mol. The maximum absolute atomic E-state index is 13.0. The van der Waals surface area contributed by atoms with Crippen LogP contribution >= 0.6 is 0 Å². The van der Waals surface area contributed by atoms with Crippen LogP contribution in [-0.4, -0.2) is 42.4 Å². The molecule has 0 aliphatic heterocycles. The van der Waals surface area contributed by atoms with Gasteiger partial charge in [0.05, 0.1) is 17.8 Å². The van der Waals surface area contributed by atoms with Crippen LogP contribution in [0.15, 0.2) is 24.3 Å². The normalized spacial score (nSPS) is 15.1. The molecule has 0 radical (unpaired) electrons. The molecular formula is C19H26F3N3O2. The van der Waals surface area contributed by atoms with E-state index in [0.717, 1.165) is 31.7 Å². The zero-order valence-electron chi connectivity index (χ0n) is 15.4. The highest BCUT2D eigenvalue weighted by Crippen LogP contribution is 2.34. The van der Waals surface area contributed by atoms with Gasteiger partial charge < -0.3 is 10.6 Å². The number of hydrogen-bond donors (Lipinski definition) is 2. The fourth-order valence-electron chi connectivity index (χ4n) is 3.21. The third-order valence-electron chi connectivity index (χ3n) is 4.70. The molecule has 2 rings (SSSR count). The van der Waals surface area contributed by atoms with Crippen molar-refractivity contribution in [3.63, 3.8) is 0 Å². The van der Waals surface area contributed by atoms with Gasteiger partial charge in [-0.05, 0) is 31.5 Å². The number of hydrogen-bond acceptors (Lipinski definition) is 3. The van der Waals surface area contributed by atoms with Crippen molar-refractivity contribution in [2.45, 2.75) is 51.2 Å². The molecule has 1 aromatic rings. The molecule has 5 nitrogen and oxygen atoms in total. The van der Waals surface area contributed by atoms with E-state index in [2.05, 4.69) is 10.6 Å². The van der Waals surface area contributed by atoms with E-state index < -0.39 is 17.6 Å². The zero-order valence-corrected chi connectivity index (χ0v) is 15.4. The number of amides is 2. The summed E-state index contributed by atoms with van der Waals surface area (Å²) < 4.78 is 39.0. The lowest BCUT2D eigenvalue weighted by Crippen LogP contribution is -2.38. The van der Waals surface area contributed by atoms with E-state index in [1.54, 1.807) is 4.90 Å². The Bertz CT molecular complexity index is 643. The van der Waals surface area contributed by atoms with Crippen LogP contribution in [0.4, 0.5) is 18.9 Å². The molecule has 1 fully saturated rings. The highest BCUT2D eigenvalue weighted by Gasteiger charge is 2.33. The Hall–Kier alpha value is -2.09. The molecule has 0 bridgehead atoms.